The molecular weight excluding hydrogens is 220 g/mol. The number of amides is 1. The first-order valence-electron chi connectivity index (χ1n) is 4.69. The quantitative estimate of drug-likeness (QED) is 0.424. The number of rotatable bonds is 3. The third-order valence-electron chi connectivity index (χ3n) is 1.87. The zero-order chi connectivity index (χ0) is 12.8. The Hall–Kier alpha value is -2.57. The van der Waals surface area contributed by atoms with Crippen LogP contribution in [0.25, 0.3) is 0 Å². The zero-order valence-electron chi connectivity index (χ0n) is 9.19. The lowest BCUT2D eigenvalue weighted by molar-refractivity contribution is 0.0958. The summed E-state index contributed by atoms with van der Waals surface area (Å²) in [6, 6.07) is 3.08. The van der Waals surface area contributed by atoms with Gasteiger partial charge in [0, 0.05) is 18.8 Å². The Balaban J connectivity index is 2.84. The topological polar surface area (TPSA) is 128 Å². The smallest absolute Gasteiger partial charge is 0.269 e. The van der Waals surface area contributed by atoms with Crippen LogP contribution in [0, 0.1) is 10.8 Å². The molecular formula is C10H12N6O. The molecule has 0 atom stereocenters. The first-order valence-corrected chi connectivity index (χ1v) is 4.69. The number of nitrogens with two attached hydrogens (primary N) is 1. The van der Waals surface area contributed by atoms with E-state index in [9.17, 15) is 4.79 Å². The molecule has 1 amide bonds. The second kappa shape index (κ2) is 5.50. The van der Waals surface area contributed by atoms with Crippen molar-refractivity contribution in [1.82, 2.24) is 10.3 Å². The molecule has 0 aliphatic carbocycles. The first-order chi connectivity index (χ1) is 8.04. The van der Waals surface area contributed by atoms with E-state index in [-0.39, 0.29) is 23.3 Å². The predicted octanol–water partition coefficient (Wildman–Crippen LogP) is -0.227. The average Bonchev–Trinajstić information content (AvgIpc) is 2.35. The Labute approximate surface area is 97.8 Å². The maximum atomic E-state index is 11.2. The van der Waals surface area contributed by atoms with Crippen LogP contribution in [0.15, 0.2) is 23.3 Å². The van der Waals surface area contributed by atoms with Crippen LogP contribution in [-0.2, 0) is 0 Å². The minimum absolute atomic E-state index is 0.0659. The minimum atomic E-state index is -0.371. The van der Waals surface area contributed by atoms with E-state index in [4.69, 9.17) is 16.6 Å². The van der Waals surface area contributed by atoms with Crippen molar-refractivity contribution >= 4 is 23.8 Å². The van der Waals surface area contributed by atoms with Crippen LogP contribution in [0.3, 0.4) is 0 Å². The lowest BCUT2D eigenvalue weighted by Crippen LogP contribution is -2.19. The maximum Gasteiger partial charge on any atom is 0.269 e. The molecule has 7 heteroatoms. The minimum Gasteiger partial charge on any atom is -0.368 e. The SMILES string of the molecule is CNC(=O)c1ccc(C(=N)/C=N\C(=N)N)cn1. The van der Waals surface area contributed by atoms with Crippen LogP contribution < -0.4 is 11.1 Å². The van der Waals surface area contributed by atoms with E-state index in [0.29, 0.717) is 5.56 Å². The lowest BCUT2D eigenvalue weighted by atomic mass is 10.2. The van der Waals surface area contributed by atoms with Gasteiger partial charge in [-0.05, 0) is 12.1 Å². The van der Waals surface area contributed by atoms with Gasteiger partial charge in [-0.1, -0.05) is 0 Å². The van der Waals surface area contributed by atoms with E-state index in [1.165, 1.54) is 19.3 Å². The summed E-state index contributed by atoms with van der Waals surface area (Å²) in [4.78, 5) is 18.6. The molecule has 0 unspecified atom stereocenters. The normalized spacial score (nSPS) is 10.2. The van der Waals surface area contributed by atoms with E-state index in [1.807, 2.05) is 0 Å². The molecule has 5 N–H and O–H groups in total. The van der Waals surface area contributed by atoms with E-state index in [0.717, 1.165) is 6.21 Å². The van der Waals surface area contributed by atoms with Crippen LogP contribution in [0.5, 0.6) is 0 Å². The molecule has 0 saturated carbocycles. The monoisotopic (exact) mass is 232 g/mol. The third-order valence-corrected chi connectivity index (χ3v) is 1.87. The summed E-state index contributed by atoms with van der Waals surface area (Å²) in [6.07, 6.45) is 2.54. The molecule has 7 nitrogen and oxygen atoms in total. The molecule has 88 valence electrons. The fourth-order valence-corrected chi connectivity index (χ4v) is 1.02. The van der Waals surface area contributed by atoms with Gasteiger partial charge in [0.15, 0.2) is 0 Å². The highest BCUT2D eigenvalue weighted by Gasteiger charge is 2.05. The van der Waals surface area contributed by atoms with Crippen molar-refractivity contribution in [1.29, 1.82) is 10.8 Å². The van der Waals surface area contributed by atoms with E-state index >= 15 is 0 Å². The fourth-order valence-electron chi connectivity index (χ4n) is 1.02. The van der Waals surface area contributed by atoms with E-state index in [2.05, 4.69) is 15.3 Å². The summed E-state index contributed by atoms with van der Waals surface area (Å²) in [5, 5.41) is 16.9. The Morgan fingerprint density at radius 2 is 2.24 bits per heavy atom. The van der Waals surface area contributed by atoms with Gasteiger partial charge < -0.3 is 11.1 Å². The van der Waals surface area contributed by atoms with Crippen molar-refractivity contribution in [3.8, 4) is 0 Å². The van der Waals surface area contributed by atoms with Crippen molar-refractivity contribution in [3.05, 3.63) is 29.6 Å². The van der Waals surface area contributed by atoms with Crippen molar-refractivity contribution in [2.24, 2.45) is 10.7 Å². The molecule has 0 radical (unpaired) electrons. The van der Waals surface area contributed by atoms with E-state index < -0.39 is 0 Å². The number of aliphatic imine (C=N–C) groups is 1. The van der Waals surface area contributed by atoms with E-state index in [1.54, 1.807) is 6.07 Å². The average molecular weight is 232 g/mol. The summed E-state index contributed by atoms with van der Waals surface area (Å²) in [6.45, 7) is 0. The van der Waals surface area contributed by atoms with Crippen LogP contribution in [0.4, 0.5) is 0 Å². The molecule has 17 heavy (non-hydrogen) atoms. The maximum absolute atomic E-state index is 11.2. The Morgan fingerprint density at radius 3 is 2.71 bits per heavy atom. The second-order valence-corrected chi connectivity index (χ2v) is 3.07. The number of aromatic nitrogens is 1. The zero-order valence-corrected chi connectivity index (χ0v) is 9.19. The number of guanidine groups is 1. The molecule has 0 saturated heterocycles. The number of carbonyl (C=O) groups is 1. The van der Waals surface area contributed by atoms with Crippen molar-refractivity contribution < 1.29 is 4.79 Å². The van der Waals surface area contributed by atoms with Gasteiger partial charge in [0.25, 0.3) is 5.91 Å². The van der Waals surface area contributed by atoms with Crippen molar-refractivity contribution in [2.45, 2.75) is 0 Å². The highest BCUT2D eigenvalue weighted by atomic mass is 16.1. The number of nitrogens with zero attached hydrogens (tertiary/aromatic N) is 2. The molecule has 0 aliphatic heterocycles. The summed E-state index contributed by atoms with van der Waals surface area (Å²) >= 11 is 0. The van der Waals surface area contributed by atoms with Crippen LogP contribution >= 0.6 is 0 Å². The standard InChI is InChI=1S/C10H12N6O/c1-14-9(17)8-3-2-6(4-15-8)7(11)5-16-10(12)13/h2-5,11H,1H3,(H3,12,13)(H,14,17)/b11-7?,16-5-. The largest absolute Gasteiger partial charge is 0.368 e. The van der Waals surface area contributed by atoms with Gasteiger partial charge in [0.05, 0.1) is 11.9 Å². The Kier molecular flexibility index (Phi) is 4.04. The number of carbonyl (C=O) groups excluding carboxylic acids is 1. The van der Waals surface area contributed by atoms with Gasteiger partial charge >= 0.3 is 0 Å². The van der Waals surface area contributed by atoms with Gasteiger partial charge in [-0.15, -0.1) is 0 Å². The van der Waals surface area contributed by atoms with Gasteiger partial charge in [0.1, 0.15) is 5.69 Å². The molecule has 1 rings (SSSR count). The predicted molar refractivity (Wildman–Crippen MR) is 64.9 cm³/mol. The molecule has 0 aliphatic rings. The molecule has 1 aromatic heterocycles. The molecule has 1 heterocycles. The van der Waals surface area contributed by atoms with Gasteiger partial charge in [0.2, 0.25) is 5.96 Å². The van der Waals surface area contributed by atoms with Crippen molar-refractivity contribution in [3.63, 3.8) is 0 Å². The van der Waals surface area contributed by atoms with Crippen molar-refractivity contribution in [2.75, 3.05) is 7.05 Å². The number of hydrogen-bond acceptors (Lipinski definition) is 4. The van der Waals surface area contributed by atoms with Crippen LogP contribution in [0.1, 0.15) is 16.1 Å². The molecule has 0 bridgehead atoms. The summed E-state index contributed by atoms with van der Waals surface area (Å²) in [5.41, 5.74) is 5.85. The number of nitrogens with one attached hydrogen (secondary N) is 3. The molecule has 0 aromatic carbocycles. The second-order valence-electron chi connectivity index (χ2n) is 3.07. The summed E-state index contributed by atoms with van der Waals surface area (Å²) in [7, 11) is 1.51. The van der Waals surface area contributed by atoms with Gasteiger partial charge in [-0.3, -0.25) is 20.6 Å². The van der Waals surface area contributed by atoms with Crippen LogP contribution in [-0.4, -0.2) is 35.8 Å². The molecule has 0 fully saturated rings. The highest BCUT2D eigenvalue weighted by Crippen LogP contribution is 2.00. The summed E-state index contributed by atoms with van der Waals surface area (Å²) in [5.74, 6) is -0.662. The third kappa shape index (κ3) is 3.49. The van der Waals surface area contributed by atoms with Gasteiger partial charge in [-0.2, -0.15) is 0 Å². The fraction of sp³-hybridized carbons (Fsp3) is 0.100. The van der Waals surface area contributed by atoms with Crippen LogP contribution in [0.2, 0.25) is 0 Å². The Morgan fingerprint density at radius 1 is 1.53 bits per heavy atom. The molecule has 0 spiro atoms. The molecule has 1 aromatic rings. The lowest BCUT2D eigenvalue weighted by Gasteiger charge is -2.00. The summed E-state index contributed by atoms with van der Waals surface area (Å²) < 4.78 is 0. The highest BCUT2D eigenvalue weighted by molar-refractivity contribution is 6.37. The first kappa shape index (κ1) is 12.5. The Bertz CT molecular complexity index is 476. The van der Waals surface area contributed by atoms with Gasteiger partial charge in [-0.25, -0.2) is 4.99 Å². The number of hydrogen-bond donors (Lipinski definition) is 4. The number of pyridine rings is 1.